The average Bonchev–Trinajstić information content (AvgIpc) is 2.67. The van der Waals surface area contributed by atoms with Crippen LogP contribution in [0.4, 0.5) is 0 Å². The van der Waals surface area contributed by atoms with Gasteiger partial charge in [0.05, 0.1) is 5.56 Å². The van der Waals surface area contributed by atoms with Gasteiger partial charge in [0.1, 0.15) is 0 Å². The third-order valence-electron chi connectivity index (χ3n) is 4.27. The maximum Gasteiger partial charge on any atom is 0.255 e. The zero-order valence-corrected chi connectivity index (χ0v) is 14.5. The SMILES string of the molecule is [CH]CN1CCN(C(=O)c2ccccc2SCc2ccccc2)CC1. The Balaban J connectivity index is 1.68. The minimum atomic E-state index is 0.128. The minimum Gasteiger partial charge on any atom is -0.336 e. The molecule has 2 radical (unpaired) electrons. The Hall–Kier alpha value is -1.78. The van der Waals surface area contributed by atoms with Crippen LogP contribution in [0.3, 0.4) is 0 Å². The molecule has 0 N–H and O–H groups in total. The van der Waals surface area contributed by atoms with Crippen molar-refractivity contribution in [2.24, 2.45) is 0 Å². The first-order valence-corrected chi connectivity index (χ1v) is 9.24. The molecular weight excluding hydrogens is 316 g/mol. The molecule has 0 aliphatic carbocycles. The quantitative estimate of drug-likeness (QED) is 0.780. The van der Waals surface area contributed by atoms with Crippen LogP contribution in [0.5, 0.6) is 0 Å². The van der Waals surface area contributed by atoms with Gasteiger partial charge in [0.2, 0.25) is 0 Å². The molecule has 124 valence electrons. The van der Waals surface area contributed by atoms with Gasteiger partial charge in [-0.2, -0.15) is 0 Å². The van der Waals surface area contributed by atoms with Crippen molar-refractivity contribution >= 4 is 17.7 Å². The zero-order valence-electron chi connectivity index (χ0n) is 13.7. The van der Waals surface area contributed by atoms with Crippen molar-refractivity contribution in [3.8, 4) is 0 Å². The summed E-state index contributed by atoms with van der Waals surface area (Å²) in [5, 5.41) is 0. The van der Waals surface area contributed by atoms with E-state index in [4.69, 9.17) is 6.92 Å². The summed E-state index contributed by atoms with van der Waals surface area (Å²) in [6.07, 6.45) is 0. The summed E-state index contributed by atoms with van der Waals surface area (Å²) in [6.45, 7) is 9.42. The first kappa shape index (κ1) is 17.1. The second kappa shape index (κ2) is 8.36. The summed E-state index contributed by atoms with van der Waals surface area (Å²) in [7, 11) is 0. The normalized spacial score (nSPS) is 15.5. The number of rotatable bonds is 5. The maximum absolute atomic E-state index is 12.9. The van der Waals surface area contributed by atoms with E-state index in [9.17, 15) is 4.79 Å². The summed E-state index contributed by atoms with van der Waals surface area (Å²) in [5.74, 6) is 0.995. The monoisotopic (exact) mass is 338 g/mol. The van der Waals surface area contributed by atoms with Gasteiger partial charge in [-0.1, -0.05) is 42.5 Å². The van der Waals surface area contributed by atoms with Crippen LogP contribution < -0.4 is 0 Å². The summed E-state index contributed by atoms with van der Waals surface area (Å²) < 4.78 is 0. The number of hydrogen-bond donors (Lipinski definition) is 0. The number of piperazine rings is 1. The fourth-order valence-electron chi connectivity index (χ4n) is 2.81. The van der Waals surface area contributed by atoms with Gasteiger partial charge in [-0.3, -0.25) is 9.69 Å². The van der Waals surface area contributed by atoms with Gasteiger partial charge in [0, 0.05) is 43.4 Å². The molecule has 1 amide bonds. The Morgan fingerprint density at radius 3 is 2.33 bits per heavy atom. The Bertz CT molecular complexity index is 666. The smallest absolute Gasteiger partial charge is 0.255 e. The Morgan fingerprint density at radius 2 is 1.62 bits per heavy atom. The molecule has 1 heterocycles. The summed E-state index contributed by atoms with van der Waals surface area (Å²) in [5.41, 5.74) is 2.07. The third-order valence-corrected chi connectivity index (χ3v) is 5.42. The van der Waals surface area contributed by atoms with Crippen molar-refractivity contribution in [1.29, 1.82) is 0 Å². The average molecular weight is 338 g/mol. The van der Waals surface area contributed by atoms with Crippen molar-refractivity contribution in [2.75, 3.05) is 32.7 Å². The lowest BCUT2D eigenvalue weighted by Crippen LogP contribution is -2.48. The Morgan fingerprint density at radius 1 is 0.958 bits per heavy atom. The van der Waals surface area contributed by atoms with Crippen molar-refractivity contribution in [2.45, 2.75) is 10.6 Å². The van der Waals surface area contributed by atoms with Crippen molar-refractivity contribution < 1.29 is 4.79 Å². The topological polar surface area (TPSA) is 23.6 Å². The van der Waals surface area contributed by atoms with Crippen LogP contribution in [-0.2, 0) is 5.75 Å². The van der Waals surface area contributed by atoms with Gasteiger partial charge in [-0.15, -0.1) is 11.8 Å². The molecule has 0 bridgehead atoms. The predicted molar refractivity (Wildman–Crippen MR) is 99.1 cm³/mol. The summed E-state index contributed by atoms with van der Waals surface area (Å²) in [6, 6.07) is 18.3. The minimum absolute atomic E-state index is 0.128. The lowest BCUT2D eigenvalue weighted by Gasteiger charge is -2.34. The Kier molecular flexibility index (Phi) is 5.94. The lowest BCUT2D eigenvalue weighted by atomic mass is 10.2. The molecule has 3 rings (SSSR count). The number of hydrogen-bond acceptors (Lipinski definition) is 3. The van der Waals surface area contributed by atoms with Crippen molar-refractivity contribution in [1.82, 2.24) is 9.80 Å². The van der Waals surface area contributed by atoms with E-state index in [0.29, 0.717) is 6.54 Å². The molecule has 1 aliphatic rings. The van der Waals surface area contributed by atoms with Gasteiger partial charge in [-0.25, -0.2) is 0 Å². The molecule has 1 saturated heterocycles. The van der Waals surface area contributed by atoms with Crippen LogP contribution in [0.15, 0.2) is 59.5 Å². The van der Waals surface area contributed by atoms with E-state index in [1.165, 1.54) is 5.56 Å². The van der Waals surface area contributed by atoms with Crippen LogP contribution in [0.1, 0.15) is 15.9 Å². The molecule has 0 atom stereocenters. The maximum atomic E-state index is 12.9. The zero-order chi connectivity index (χ0) is 16.8. The largest absolute Gasteiger partial charge is 0.336 e. The van der Waals surface area contributed by atoms with E-state index in [2.05, 4.69) is 17.0 Å². The van der Waals surface area contributed by atoms with E-state index in [-0.39, 0.29) is 5.91 Å². The molecular formula is C20H22N2OS. The van der Waals surface area contributed by atoms with Gasteiger partial charge in [-0.05, 0) is 24.6 Å². The number of thioether (sulfide) groups is 1. The lowest BCUT2D eigenvalue weighted by molar-refractivity contribution is 0.0646. The van der Waals surface area contributed by atoms with Gasteiger partial charge in [0.15, 0.2) is 0 Å². The van der Waals surface area contributed by atoms with Crippen molar-refractivity contribution in [3.05, 3.63) is 72.6 Å². The number of carbonyl (C=O) groups is 1. The number of amides is 1. The number of nitrogens with zero attached hydrogens (tertiary/aromatic N) is 2. The van der Waals surface area contributed by atoms with Crippen molar-refractivity contribution in [3.63, 3.8) is 0 Å². The van der Waals surface area contributed by atoms with Crippen LogP contribution in [0.2, 0.25) is 0 Å². The van der Waals surface area contributed by atoms with Gasteiger partial charge >= 0.3 is 0 Å². The third kappa shape index (κ3) is 4.19. The summed E-state index contributed by atoms with van der Waals surface area (Å²) in [4.78, 5) is 18.0. The standard InChI is InChI=1S/C20H22N2OS/c1-2-21-12-14-22(15-13-21)20(23)18-10-6-7-11-19(18)24-16-17-8-4-3-5-9-17/h1,3-11H,2,12-16H2. The molecule has 1 aliphatic heterocycles. The van der Waals surface area contributed by atoms with E-state index in [1.54, 1.807) is 11.8 Å². The molecule has 2 aromatic carbocycles. The first-order chi connectivity index (χ1) is 11.8. The molecule has 4 heteroatoms. The highest BCUT2D eigenvalue weighted by atomic mass is 32.2. The number of benzene rings is 2. The molecule has 0 saturated carbocycles. The highest BCUT2D eigenvalue weighted by molar-refractivity contribution is 7.98. The predicted octanol–water partition coefficient (Wildman–Crippen LogP) is 3.45. The molecule has 0 aromatic heterocycles. The highest BCUT2D eigenvalue weighted by Crippen LogP contribution is 2.27. The van der Waals surface area contributed by atoms with Gasteiger partial charge in [0.25, 0.3) is 5.91 Å². The van der Waals surface area contributed by atoms with E-state index >= 15 is 0 Å². The second-order valence-electron chi connectivity index (χ2n) is 5.86. The number of carbonyl (C=O) groups excluding carboxylic acids is 1. The van der Waals surface area contributed by atoms with Crippen LogP contribution in [-0.4, -0.2) is 48.4 Å². The highest BCUT2D eigenvalue weighted by Gasteiger charge is 2.23. The fourth-order valence-corrected chi connectivity index (χ4v) is 3.81. The van der Waals surface area contributed by atoms with Crippen LogP contribution >= 0.6 is 11.8 Å². The first-order valence-electron chi connectivity index (χ1n) is 8.25. The van der Waals surface area contributed by atoms with Gasteiger partial charge < -0.3 is 4.90 Å². The van der Waals surface area contributed by atoms with E-state index < -0.39 is 0 Å². The fraction of sp³-hybridized carbons (Fsp3) is 0.300. The van der Waals surface area contributed by atoms with E-state index in [0.717, 1.165) is 42.4 Å². The Labute approximate surface area is 148 Å². The molecule has 1 fully saturated rings. The molecule has 0 spiro atoms. The van der Waals surface area contributed by atoms with Crippen LogP contribution in [0, 0.1) is 6.92 Å². The summed E-state index contributed by atoms with van der Waals surface area (Å²) >= 11 is 1.72. The molecule has 24 heavy (non-hydrogen) atoms. The van der Waals surface area contributed by atoms with E-state index in [1.807, 2.05) is 47.4 Å². The van der Waals surface area contributed by atoms with Crippen LogP contribution in [0.25, 0.3) is 0 Å². The molecule has 2 aromatic rings. The second-order valence-corrected chi connectivity index (χ2v) is 6.88. The molecule has 3 nitrogen and oxygen atoms in total. The molecule has 0 unspecified atom stereocenters.